The van der Waals surface area contributed by atoms with Crippen molar-refractivity contribution in [2.75, 3.05) is 26.2 Å². The van der Waals surface area contributed by atoms with Crippen molar-refractivity contribution >= 4 is 5.91 Å². The molecule has 1 aliphatic rings. The fourth-order valence-electron chi connectivity index (χ4n) is 1.28. The molecular formula is C9H16N2O. The van der Waals surface area contributed by atoms with E-state index in [4.69, 9.17) is 0 Å². The summed E-state index contributed by atoms with van der Waals surface area (Å²) < 4.78 is 0. The molecule has 0 atom stereocenters. The first kappa shape index (κ1) is 9.26. The van der Waals surface area contributed by atoms with Gasteiger partial charge in [-0.3, -0.25) is 9.69 Å². The van der Waals surface area contributed by atoms with Gasteiger partial charge in [-0.15, -0.1) is 0 Å². The molecule has 1 heterocycles. The summed E-state index contributed by atoms with van der Waals surface area (Å²) in [5.41, 5.74) is 0. The Morgan fingerprint density at radius 3 is 3.25 bits per heavy atom. The first-order valence-corrected chi connectivity index (χ1v) is 4.43. The van der Waals surface area contributed by atoms with E-state index in [1.165, 1.54) is 0 Å². The van der Waals surface area contributed by atoms with Crippen LogP contribution in [-0.2, 0) is 4.79 Å². The van der Waals surface area contributed by atoms with Crippen molar-refractivity contribution in [1.29, 1.82) is 0 Å². The van der Waals surface area contributed by atoms with E-state index in [2.05, 4.69) is 16.3 Å². The molecule has 12 heavy (non-hydrogen) atoms. The van der Waals surface area contributed by atoms with Crippen LogP contribution in [0, 0.1) is 0 Å². The third-order valence-electron chi connectivity index (χ3n) is 1.94. The Balaban J connectivity index is 2.35. The minimum Gasteiger partial charge on any atom is -0.355 e. The standard InChI is InChI=1S/C9H16N2O/c1-2-3-6-11-7-4-5-10-9(12)8-11/h2-3H,4-8H2,1H3,(H,10,12). The molecule has 0 unspecified atom stereocenters. The summed E-state index contributed by atoms with van der Waals surface area (Å²) in [5.74, 6) is 0.150. The van der Waals surface area contributed by atoms with Crippen molar-refractivity contribution in [2.24, 2.45) is 0 Å². The Hall–Kier alpha value is -0.830. The number of nitrogens with one attached hydrogen (secondary N) is 1. The number of nitrogens with zero attached hydrogens (tertiary/aromatic N) is 1. The summed E-state index contributed by atoms with van der Waals surface area (Å²) in [5, 5.41) is 2.85. The average molecular weight is 168 g/mol. The zero-order valence-corrected chi connectivity index (χ0v) is 7.55. The van der Waals surface area contributed by atoms with Crippen molar-refractivity contribution < 1.29 is 4.79 Å². The quantitative estimate of drug-likeness (QED) is 0.605. The predicted octanol–water partition coefficient (Wildman–Crippen LogP) is 0.384. The van der Waals surface area contributed by atoms with Gasteiger partial charge >= 0.3 is 0 Å². The van der Waals surface area contributed by atoms with Crippen LogP contribution >= 0.6 is 0 Å². The Bertz CT molecular complexity index is 177. The highest BCUT2D eigenvalue weighted by atomic mass is 16.2. The van der Waals surface area contributed by atoms with Gasteiger partial charge < -0.3 is 5.32 Å². The van der Waals surface area contributed by atoms with Crippen LogP contribution < -0.4 is 5.32 Å². The van der Waals surface area contributed by atoms with Crippen LogP contribution in [0.1, 0.15) is 13.3 Å². The molecule has 3 nitrogen and oxygen atoms in total. The number of carbonyl (C=O) groups is 1. The lowest BCUT2D eigenvalue weighted by atomic mass is 10.4. The second kappa shape index (κ2) is 4.93. The second-order valence-electron chi connectivity index (χ2n) is 3.01. The highest BCUT2D eigenvalue weighted by molar-refractivity contribution is 5.78. The van der Waals surface area contributed by atoms with Crippen molar-refractivity contribution in [3.63, 3.8) is 0 Å². The molecule has 1 N–H and O–H groups in total. The van der Waals surface area contributed by atoms with Gasteiger partial charge in [0.05, 0.1) is 6.54 Å². The van der Waals surface area contributed by atoms with Crippen molar-refractivity contribution in [1.82, 2.24) is 10.2 Å². The smallest absolute Gasteiger partial charge is 0.234 e. The van der Waals surface area contributed by atoms with Crippen LogP contribution in [0.4, 0.5) is 0 Å². The van der Waals surface area contributed by atoms with E-state index in [9.17, 15) is 4.79 Å². The van der Waals surface area contributed by atoms with Crippen LogP contribution in [-0.4, -0.2) is 37.0 Å². The SMILES string of the molecule is CC=CCN1CCCNC(=O)C1. The summed E-state index contributed by atoms with van der Waals surface area (Å²) in [7, 11) is 0. The van der Waals surface area contributed by atoms with Crippen molar-refractivity contribution in [3.8, 4) is 0 Å². The van der Waals surface area contributed by atoms with Gasteiger partial charge in [0.15, 0.2) is 0 Å². The molecule has 0 aliphatic carbocycles. The number of rotatable bonds is 2. The Morgan fingerprint density at radius 2 is 2.50 bits per heavy atom. The van der Waals surface area contributed by atoms with Gasteiger partial charge in [0, 0.05) is 19.6 Å². The van der Waals surface area contributed by atoms with Crippen LogP contribution in [0.3, 0.4) is 0 Å². The largest absolute Gasteiger partial charge is 0.355 e. The molecule has 0 spiro atoms. The summed E-state index contributed by atoms with van der Waals surface area (Å²) >= 11 is 0. The minimum atomic E-state index is 0.150. The van der Waals surface area contributed by atoms with E-state index in [0.29, 0.717) is 6.54 Å². The molecule has 68 valence electrons. The van der Waals surface area contributed by atoms with Gasteiger partial charge in [0.2, 0.25) is 5.91 Å². The lowest BCUT2D eigenvalue weighted by molar-refractivity contribution is -0.121. The Morgan fingerprint density at radius 1 is 1.67 bits per heavy atom. The summed E-state index contributed by atoms with van der Waals surface area (Å²) in [6.45, 7) is 5.28. The summed E-state index contributed by atoms with van der Waals surface area (Å²) in [6.07, 6.45) is 5.16. The van der Waals surface area contributed by atoms with E-state index >= 15 is 0 Å². The molecule has 1 fully saturated rings. The molecule has 0 aromatic rings. The second-order valence-corrected chi connectivity index (χ2v) is 3.01. The van der Waals surface area contributed by atoms with E-state index in [1.54, 1.807) is 0 Å². The lowest BCUT2D eigenvalue weighted by Gasteiger charge is -2.15. The van der Waals surface area contributed by atoms with Gasteiger partial charge in [-0.05, 0) is 13.3 Å². The highest BCUT2D eigenvalue weighted by Gasteiger charge is 2.12. The highest BCUT2D eigenvalue weighted by Crippen LogP contribution is 1.95. The fraction of sp³-hybridized carbons (Fsp3) is 0.667. The number of allylic oxidation sites excluding steroid dienone is 1. The van der Waals surface area contributed by atoms with Crippen molar-refractivity contribution in [3.05, 3.63) is 12.2 Å². The van der Waals surface area contributed by atoms with Gasteiger partial charge in [-0.25, -0.2) is 0 Å². The Labute approximate surface area is 73.4 Å². The molecule has 0 radical (unpaired) electrons. The summed E-state index contributed by atoms with van der Waals surface area (Å²) in [4.78, 5) is 13.2. The zero-order chi connectivity index (χ0) is 8.81. The molecule has 1 saturated heterocycles. The van der Waals surface area contributed by atoms with E-state index in [1.807, 2.05) is 13.0 Å². The molecule has 0 aromatic heterocycles. The van der Waals surface area contributed by atoms with E-state index in [0.717, 1.165) is 26.1 Å². The summed E-state index contributed by atoms with van der Waals surface area (Å²) in [6, 6.07) is 0. The lowest BCUT2D eigenvalue weighted by Crippen LogP contribution is -2.33. The number of carbonyl (C=O) groups excluding carboxylic acids is 1. The number of amides is 1. The number of hydrogen-bond donors (Lipinski definition) is 1. The molecule has 1 amide bonds. The molecule has 3 heteroatoms. The first-order chi connectivity index (χ1) is 5.83. The van der Waals surface area contributed by atoms with Gasteiger partial charge in [-0.1, -0.05) is 12.2 Å². The molecular weight excluding hydrogens is 152 g/mol. The maximum absolute atomic E-state index is 11.1. The van der Waals surface area contributed by atoms with Gasteiger partial charge in [0.1, 0.15) is 0 Å². The monoisotopic (exact) mass is 168 g/mol. The van der Waals surface area contributed by atoms with Gasteiger partial charge in [0.25, 0.3) is 0 Å². The average Bonchev–Trinajstić information content (AvgIpc) is 2.26. The van der Waals surface area contributed by atoms with Gasteiger partial charge in [-0.2, -0.15) is 0 Å². The third-order valence-corrected chi connectivity index (χ3v) is 1.94. The maximum Gasteiger partial charge on any atom is 0.234 e. The zero-order valence-electron chi connectivity index (χ0n) is 7.55. The third kappa shape index (κ3) is 3.05. The van der Waals surface area contributed by atoms with Crippen LogP contribution in [0.25, 0.3) is 0 Å². The molecule has 0 saturated carbocycles. The topological polar surface area (TPSA) is 32.3 Å². The van der Waals surface area contributed by atoms with Crippen LogP contribution in [0.2, 0.25) is 0 Å². The van der Waals surface area contributed by atoms with E-state index < -0.39 is 0 Å². The normalized spacial score (nSPS) is 20.9. The fourth-order valence-corrected chi connectivity index (χ4v) is 1.28. The molecule has 0 bridgehead atoms. The maximum atomic E-state index is 11.1. The Kier molecular flexibility index (Phi) is 3.80. The first-order valence-electron chi connectivity index (χ1n) is 4.43. The van der Waals surface area contributed by atoms with Crippen LogP contribution in [0.5, 0.6) is 0 Å². The minimum absolute atomic E-state index is 0.150. The number of hydrogen-bond acceptors (Lipinski definition) is 2. The molecule has 1 rings (SSSR count). The predicted molar refractivity (Wildman–Crippen MR) is 48.9 cm³/mol. The van der Waals surface area contributed by atoms with E-state index in [-0.39, 0.29) is 5.91 Å². The van der Waals surface area contributed by atoms with Crippen molar-refractivity contribution in [2.45, 2.75) is 13.3 Å². The van der Waals surface area contributed by atoms with Crippen LogP contribution in [0.15, 0.2) is 12.2 Å². The molecule has 1 aliphatic heterocycles. The molecule has 0 aromatic carbocycles.